The third-order valence-electron chi connectivity index (χ3n) is 5.77. The molecule has 0 bridgehead atoms. The summed E-state index contributed by atoms with van der Waals surface area (Å²) in [4.78, 5) is 18.1. The summed E-state index contributed by atoms with van der Waals surface area (Å²) in [6.07, 6.45) is 3.73. The molecular weight excluding hydrogens is 425 g/mol. The molecule has 152 valence electrons. The fourth-order valence-corrected chi connectivity index (χ4v) is 5.02. The molecule has 3 aromatic rings. The van der Waals surface area contributed by atoms with Crippen LogP contribution in [0.4, 0.5) is 0 Å². The highest BCUT2D eigenvalue weighted by molar-refractivity contribution is 7.15. The Labute approximate surface area is 183 Å². The van der Waals surface area contributed by atoms with E-state index in [0.717, 1.165) is 5.56 Å². The molecule has 2 atom stereocenters. The van der Waals surface area contributed by atoms with Crippen molar-refractivity contribution in [2.75, 3.05) is 0 Å². The zero-order valence-electron chi connectivity index (χ0n) is 17.0. The number of hydrogen-bond donors (Lipinski definition) is 0. The van der Waals surface area contributed by atoms with Crippen LogP contribution in [0.3, 0.4) is 0 Å². The first-order chi connectivity index (χ1) is 13.5. The van der Waals surface area contributed by atoms with Crippen molar-refractivity contribution in [1.29, 1.82) is 0 Å². The van der Waals surface area contributed by atoms with Crippen molar-refractivity contribution in [3.63, 3.8) is 0 Å². The number of benzene rings is 1. The van der Waals surface area contributed by atoms with Crippen LogP contribution >= 0.6 is 34.5 Å². The Hall–Kier alpha value is -1.69. The van der Waals surface area contributed by atoms with E-state index >= 15 is 0 Å². The van der Waals surface area contributed by atoms with Crippen molar-refractivity contribution < 1.29 is 0 Å². The smallest absolute Gasteiger partial charge is 0.266 e. The van der Waals surface area contributed by atoms with Crippen molar-refractivity contribution in [2.24, 2.45) is 11.3 Å². The van der Waals surface area contributed by atoms with Crippen molar-refractivity contribution >= 4 is 45.6 Å². The van der Waals surface area contributed by atoms with Crippen molar-refractivity contribution in [3.05, 3.63) is 66.7 Å². The van der Waals surface area contributed by atoms with Crippen LogP contribution in [0.2, 0.25) is 0 Å². The lowest BCUT2D eigenvalue weighted by Gasteiger charge is -2.18. The summed E-state index contributed by atoms with van der Waals surface area (Å²) in [6.45, 7) is 10.8. The average Bonchev–Trinajstić information content (AvgIpc) is 2.91. The maximum Gasteiger partial charge on any atom is 0.291 e. The predicted octanol–water partition coefficient (Wildman–Crippen LogP) is 5.05. The molecule has 2 aromatic heterocycles. The number of halogens is 2. The Morgan fingerprint density at radius 1 is 1.21 bits per heavy atom. The molecule has 0 spiro atoms. The van der Waals surface area contributed by atoms with Crippen LogP contribution in [0, 0.1) is 11.3 Å². The lowest BCUT2D eigenvalue weighted by atomic mass is 9.87. The monoisotopic (exact) mass is 447 g/mol. The molecule has 1 saturated carbocycles. The third-order valence-corrected chi connectivity index (χ3v) is 6.98. The molecule has 0 amide bonds. The molecule has 1 fully saturated rings. The SMILES string of the molecule is CC(C)(C)c1ccc(/C=c2/sc3nc(C4C(C=C(Cl)Cl)C4(C)C)nn3c2=O)cc1. The molecule has 4 rings (SSSR count). The highest BCUT2D eigenvalue weighted by atomic mass is 35.5. The quantitative estimate of drug-likeness (QED) is 0.563. The molecule has 1 aliphatic rings. The van der Waals surface area contributed by atoms with Gasteiger partial charge in [0.05, 0.1) is 4.53 Å². The second-order valence-electron chi connectivity index (χ2n) is 9.23. The van der Waals surface area contributed by atoms with Gasteiger partial charge in [-0.1, -0.05) is 93.4 Å². The summed E-state index contributed by atoms with van der Waals surface area (Å²) in [5.74, 6) is 0.959. The fourth-order valence-electron chi connectivity index (χ4n) is 3.83. The number of rotatable bonds is 3. The van der Waals surface area contributed by atoms with E-state index in [1.165, 1.54) is 21.4 Å². The van der Waals surface area contributed by atoms with E-state index in [9.17, 15) is 4.79 Å². The van der Waals surface area contributed by atoms with Crippen LogP contribution in [0.25, 0.3) is 11.0 Å². The topological polar surface area (TPSA) is 47.3 Å². The molecule has 7 heteroatoms. The van der Waals surface area contributed by atoms with Crippen molar-refractivity contribution in [2.45, 2.75) is 46.0 Å². The van der Waals surface area contributed by atoms with Gasteiger partial charge in [-0.25, -0.2) is 4.98 Å². The van der Waals surface area contributed by atoms with E-state index in [4.69, 9.17) is 23.2 Å². The summed E-state index contributed by atoms with van der Waals surface area (Å²) < 4.78 is 2.29. The number of thiazole rings is 1. The summed E-state index contributed by atoms with van der Waals surface area (Å²) in [5, 5.41) is 4.50. The molecule has 1 aromatic carbocycles. The first kappa shape index (κ1) is 20.6. The second kappa shape index (κ2) is 6.93. The van der Waals surface area contributed by atoms with Crippen LogP contribution in [0.5, 0.6) is 0 Å². The lowest BCUT2D eigenvalue weighted by molar-refractivity contribution is 0.585. The molecule has 2 heterocycles. The zero-order valence-corrected chi connectivity index (χ0v) is 19.4. The molecule has 2 unspecified atom stereocenters. The molecule has 0 aliphatic heterocycles. The zero-order chi connectivity index (χ0) is 21.1. The first-order valence-corrected chi connectivity index (χ1v) is 11.1. The molecule has 4 nitrogen and oxygen atoms in total. The van der Waals surface area contributed by atoms with Crippen LogP contribution in [0.1, 0.15) is 57.5 Å². The van der Waals surface area contributed by atoms with Gasteiger partial charge in [-0.15, -0.1) is 5.10 Å². The largest absolute Gasteiger partial charge is 0.291 e. The summed E-state index contributed by atoms with van der Waals surface area (Å²) in [7, 11) is 0. The molecule has 0 saturated heterocycles. The van der Waals surface area contributed by atoms with Gasteiger partial charge in [-0.05, 0) is 40.0 Å². The van der Waals surface area contributed by atoms with Gasteiger partial charge in [0.25, 0.3) is 5.56 Å². The van der Waals surface area contributed by atoms with E-state index in [-0.39, 0.29) is 32.7 Å². The van der Waals surface area contributed by atoms with E-state index in [2.05, 4.69) is 56.8 Å². The summed E-state index contributed by atoms with van der Waals surface area (Å²) >= 11 is 13.0. The molecule has 1 aliphatic carbocycles. The van der Waals surface area contributed by atoms with E-state index in [0.29, 0.717) is 15.3 Å². The van der Waals surface area contributed by atoms with Crippen LogP contribution in [0.15, 0.2) is 39.6 Å². The van der Waals surface area contributed by atoms with Crippen LogP contribution in [-0.4, -0.2) is 14.6 Å². The standard InChI is InChI=1S/C22H23Cl2N3OS/c1-21(2,3)13-8-6-12(7-9-13)10-15-19(28)27-20(29-15)25-18(26-27)17-14(11-16(23)24)22(17,4)5/h6-11,14,17H,1-5H3/b15-10+. The first-order valence-electron chi connectivity index (χ1n) is 9.53. The number of aromatic nitrogens is 3. The van der Waals surface area contributed by atoms with E-state index in [1.807, 2.05) is 24.3 Å². The van der Waals surface area contributed by atoms with E-state index in [1.54, 1.807) is 0 Å². The maximum atomic E-state index is 12.8. The molecule has 0 N–H and O–H groups in total. The third kappa shape index (κ3) is 3.76. The van der Waals surface area contributed by atoms with Crippen molar-refractivity contribution in [3.8, 4) is 0 Å². The number of fused-ring (bicyclic) bond motifs is 1. The maximum absolute atomic E-state index is 12.8. The van der Waals surface area contributed by atoms with Gasteiger partial charge in [-0.3, -0.25) is 4.79 Å². The summed E-state index contributed by atoms with van der Waals surface area (Å²) in [5.41, 5.74) is 2.19. The van der Waals surface area contributed by atoms with Gasteiger partial charge in [0.2, 0.25) is 4.96 Å². The highest BCUT2D eigenvalue weighted by Crippen LogP contribution is 2.64. The summed E-state index contributed by atoms with van der Waals surface area (Å²) in [6, 6.07) is 8.30. The van der Waals surface area contributed by atoms with Gasteiger partial charge in [0, 0.05) is 5.92 Å². The minimum absolute atomic E-state index is 0.0289. The number of hydrogen-bond acceptors (Lipinski definition) is 4. The van der Waals surface area contributed by atoms with E-state index < -0.39 is 0 Å². The van der Waals surface area contributed by atoms with Crippen LogP contribution < -0.4 is 10.1 Å². The Bertz CT molecular complexity index is 1210. The molecule has 29 heavy (non-hydrogen) atoms. The minimum Gasteiger partial charge on any atom is -0.266 e. The normalized spacial score (nSPS) is 21.6. The fraction of sp³-hybridized carbons (Fsp3) is 0.409. The predicted molar refractivity (Wildman–Crippen MR) is 121 cm³/mol. The van der Waals surface area contributed by atoms with Gasteiger partial charge in [0.1, 0.15) is 4.49 Å². The average molecular weight is 448 g/mol. The Balaban J connectivity index is 1.67. The number of nitrogens with zero attached hydrogens (tertiary/aromatic N) is 3. The Morgan fingerprint density at radius 2 is 1.86 bits per heavy atom. The second-order valence-corrected chi connectivity index (χ2v) is 11.3. The Morgan fingerprint density at radius 3 is 2.41 bits per heavy atom. The van der Waals surface area contributed by atoms with Gasteiger partial charge < -0.3 is 0 Å². The van der Waals surface area contributed by atoms with Gasteiger partial charge in [0.15, 0.2) is 5.82 Å². The number of allylic oxidation sites excluding steroid dienone is 1. The highest BCUT2D eigenvalue weighted by Gasteiger charge is 2.59. The van der Waals surface area contributed by atoms with Gasteiger partial charge in [-0.2, -0.15) is 4.52 Å². The molecular formula is C22H23Cl2N3OS. The van der Waals surface area contributed by atoms with Gasteiger partial charge >= 0.3 is 0 Å². The van der Waals surface area contributed by atoms with Crippen LogP contribution in [-0.2, 0) is 5.41 Å². The Kier molecular flexibility index (Phi) is 4.92. The minimum atomic E-state index is -0.135. The lowest BCUT2D eigenvalue weighted by Crippen LogP contribution is -2.23. The van der Waals surface area contributed by atoms with Crippen molar-refractivity contribution in [1.82, 2.24) is 14.6 Å². The molecule has 0 radical (unpaired) electrons.